The first-order valence-corrected chi connectivity index (χ1v) is 7.18. The Bertz CT molecular complexity index is 862. The number of amides is 1. The summed E-state index contributed by atoms with van der Waals surface area (Å²) in [7, 11) is 1.22. The minimum atomic E-state index is -0.622. The van der Waals surface area contributed by atoms with Crippen molar-refractivity contribution in [3.63, 3.8) is 0 Å². The van der Waals surface area contributed by atoms with Crippen molar-refractivity contribution in [2.45, 2.75) is 6.92 Å². The predicted octanol–water partition coefficient (Wildman–Crippen LogP) is 0.118. The third kappa shape index (κ3) is 4.16. The summed E-state index contributed by atoms with van der Waals surface area (Å²) in [6.07, 6.45) is 2.35. The van der Waals surface area contributed by atoms with Crippen LogP contribution in [0, 0.1) is 6.92 Å². The summed E-state index contributed by atoms with van der Waals surface area (Å²) in [6.45, 7) is 1.95. The molecule has 1 heterocycles. The fraction of sp³-hybridized carbons (Fsp3) is 0.133. The molecule has 22 heavy (non-hydrogen) atoms. The second kappa shape index (κ2) is 6.86. The number of hydrogen-bond acceptors (Lipinski definition) is 5. The minimum Gasteiger partial charge on any atom is -0.466 e. The van der Waals surface area contributed by atoms with Crippen LogP contribution >= 0.6 is 11.3 Å². The predicted molar refractivity (Wildman–Crippen MR) is 84.9 cm³/mol. The number of hydrogen-bond donors (Lipinski definition) is 2. The van der Waals surface area contributed by atoms with E-state index in [4.69, 9.17) is 0 Å². The number of aromatic amines is 1. The highest BCUT2D eigenvalue weighted by atomic mass is 32.1. The highest BCUT2D eigenvalue weighted by Gasteiger charge is 2.02. The highest BCUT2D eigenvalue weighted by Crippen LogP contribution is 2.08. The molecule has 0 radical (unpaired) electrons. The number of carbonyl (C=O) groups excluding carboxylic acids is 2. The van der Waals surface area contributed by atoms with E-state index >= 15 is 0 Å². The normalized spacial score (nSPS) is 12.3. The van der Waals surface area contributed by atoms with Crippen LogP contribution in [0.15, 0.2) is 29.1 Å². The molecular formula is C15H14N2O4S. The summed E-state index contributed by atoms with van der Waals surface area (Å²) < 4.78 is 4.99. The lowest BCUT2D eigenvalue weighted by Crippen LogP contribution is -2.21. The summed E-state index contributed by atoms with van der Waals surface area (Å²) in [6, 6.07) is 7.33. The summed E-state index contributed by atoms with van der Waals surface area (Å²) in [5, 5.41) is 2.69. The van der Waals surface area contributed by atoms with E-state index in [1.807, 2.05) is 19.1 Å². The van der Waals surface area contributed by atoms with Gasteiger partial charge in [0, 0.05) is 17.8 Å². The molecule has 0 saturated heterocycles. The van der Waals surface area contributed by atoms with Crippen LogP contribution in [0.1, 0.15) is 5.56 Å². The SMILES string of the molecule is COC(=O)/C=c1/s/c(=C\C(=O)Nc2ccc(C)cc2)[nH]c1=O. The van der Waals surface area contributed by atoms with Gasteiger partial charge in [-0.1, -0.05) is 17.7 Å². The quantitative estimate of drug-likeness (QED) is 0.787. The Morgan fingerprint density at radius 2 is 1.91 bits per heavy atom. The van der Waals surface area contributed by atoms with E-state index < -0.39 is 11.5 Å². The van der Waals surface area contributed by atoms with E-state index in [1.54, 1.807) is 12.1 Å². The number of esters is 1. The summed E-state index contributed by atoms with van der Waals surface area (Å²) in [5.41, 5.74) is 1.31. The number of benzene rings is 1. The molecule has 6 nitrogen and oxygen atoms in total. The van der Waals surface area contributed by atoms with Crippen LogP contribution in [0.2, 0.25) is 0 Å². The molecule has 0 saturated carbocycles. The van der Waals surface area contributed by atoms with Gasteiger partial charge in [0.15, 0.2) is 0 Å². The van der Waals surface area contributed by atoms with Crippen LogP contribution in [-0.4, -0.2) is 24.0 Å². The standard InChI is InChI=1S/C15H14N2O4S/c1-9-3-5-10(6-4-9)16-12(18)8-13-17-15(20)11(22-13)7-14(19)21-2/h3-8H,1-2H3,(H,16,18)(H,17,20)/b11-7+,13-8-. The molecule has 1 amide bonds. The molecule has 0 fully saturated rings. The van der Waals surface area contributed by atoms with Gasteiger partial charge in [0.1, 0.15) is 9.20 Å². The Morgan fingerprint density at radius 1 is 1.23 bits per heavy atom. The lowest BCUT2D eigenvalue weighted by Gasteiger charge is -2.01. The van der Waals surface area contributed by atoms with Gasteiger partial charge in [0.2, 0.25) is 0 Å². The lowest BCUT2D eigenvalue weighted by molar-refractivity contribution is -0.133. The number of ether oxygens (including phenoxy) is 1. The van der Waals surface area contributed by atoms with Crippen LogP contribution in [0.5, 0.6) is 0 Å². The number of aryl methyl sites for hydroxylation is 1. The van der Waals surface area contributed by atoms with Gasteiger partial charge in [-0.25, -0.2) is 4.79 Å². The maximum absolute atomic E-state index is 11.9. The Labute approximate surface area is 129 Å². The van der Waals surface area contributed by atoms with E-state index in [1.165, 1.54) is 13.2 Å². The zero-order chi connectivity index (χ0) is 16.1. The first kappa shape index (κ1) is 15.7. The molecule has 114 valence electrons. The molecule has 0 spiro atoms. The third-order valence-corrected chi connectivity index (χ3v) is 3.67. The molecule has 0 atom stereocenters. The second-order valence-electron chi connectivity index (χ2n) is 4.45. The topological polar surface area (TPSA) is 88.3 Å². The van der Waals surface area contributed by atoms with Gasteiger partial charge in [0.25, 0.3) is 11.5 Å². The molecule has 0 aliphatic rings. The molecule has 0 bridgehead atoms. The van der Waals surface area contributed by atoms with Crippen molar-refractivity contribution >= 4 is 41.1 Å². The molecule has 1 aromatic carbocycles. The highest BCUT2D eigenvalue weighted by molar-refractivity contribution is 7.07. The maximum Gasteiger partial charge on any atom is 0.332 e. The van der Waals surface area contributed by atoms with Crippen LogP contribution in [0.3, 0.4) is 0 Å². The third-order valence-electron chi connectivity index (χ3n) is 2.71. The monoisotopic (exact) mass is 318 g/mol. The molecule has 2 aromatic rings. The first-order chi connectivity index (χ1) is 10.5. The van der Waals surface area contributed by atoms with Crippen LogP contribution < -0.4 is 20.1 Å². The molecule has 7 heteroatoms. The van der Waals surface area contributed by atoms with Crippen molar-refractivity contribution < 1.29 is 14.3 Å². The van der Waals surface area contributed by atoms with Crippen LogP contribution in [0.4, 0.5) is 5.69 Å². The molecule has 0 aliphatic heterocycles. The minimum absolute atomic E-state index is 0.182. The van der Waals surface area contributed by atoms with E-state index in [0.29, 0.717) is 10.4 Å². The van der Waals surface area contributed by atoms with Crippen molar-refractivity contribution in [2.24, 2.45) is 0 Å². The van der Waals surface area contributed by atoms with Crippen molar-refractivity contribution in [2.75, 3.05) is 12.4 Å². The zero-order valence-corrected chi connectivity index (χ0v) is 12.8. The van der Waals surface area contributed by atoms with Crippen molar-refractivity contribution in [1.29, 1.82) is 0 Å². The number of anilines is 1. The summed E-state index contributed by atoms with van der Waals surface area (Å²) in [4.78, 5) is 37.1. The van der Waals surface area contributed by atoms with E-state index in [-0.39, 0.29) is 10.4 Å². The Hall–Kier alpha value is -2.67. The van der Waals surface area contributed by atoms with E-state index in [2.05, 4.69) is 15.0 Å². The fourth-order valence-electron chi connectivity index (χ4n) is 1.62. The van der Waals surface area contributed by atoms with Crippen molar-refractivity contribution in [3.05, 3.63) is 49.4 Å². The fourth-order valence-corrected chi connectivity index (χ4v) is 2.47. The average molecular weight is 318 g/mol. The Morgan fingerprint density at radius 3 is 2.55 bits per heavy atom. The van der Waals surface area contributed by atoms with Gasteiger partial charge >= 0.3 is 5.97 Å². The molecule has 0 aliphatic carbocycles. The molecule has 0 unspecified atom stereocenters. The Kier molecular flexibility index (Phi) is 4.90. The molecule has 1 aromatic heterocycles. The summed E-state index contributed by atoms with van der Waals surface area (Å²) >= 11 is 1.00. The van der Waals surface area contributed by atoms with E-state index in [9.17, 15) is 14.4 Å². The second-order valence-corrected chi connectivity index (χ2v) is 5.54. The largest absolute Gasteiger partial charge is 0.466 e. The lowest BCUT2D eigenvalue weighted by atomic mass is 10.2. The van der Waals surface area contributed by atoms with Gasteiger partial charge in [-0.15, -0.1) is 11.3 Å². The molecule has 2 N–H and O–H groups in total. The Balaban J connectivity index is 2.22. The number of H-pyrrole nitrogens is 1. The number of aromatic nitrogens is 1. The van der Waals surface area contributed by atoms with Gasteiger partial charge in [-0.3, -0.25) is 9.59 Å². The first-order valence-electron chi connectivity index (χ1n) is 6.36. The van der Waals surface area contributed by atoms with Gasteiger partial charge in [0.05, 0.1) is 7.11 Å². The smallest absolute Gasteiger partial charge is 0.332 e. The zero-order valence-electron chi connectivity index (χ0n) is 12.0. The number of methoxy groups -OCH3 is 1. The van der Waals surface area contributed by atoms with Crippen LogP contribution in [0.25, 0.3) is 12.2 Å². The number of thiazole rings is 1. The summed E-state index contributed by atoms with van der Waals surface area (Å²) in [5.74, 6) is -0.992. The number of rotatable bonds is 3. The number of nitrogens with one attached hydrogen (secondary N) is 2. The molecular weight excluding hydrogens is 304 g/mol. The van der Waals surface area contributed by atoms with Crippen molar-refractivity contribution in [1.82, 2.24) is 4.98 Å². The average Bonchev–Trinajstić information content (AvgIpc) is 2.80. The molecule has 2 rings (SSSR count). The van der Waals surface area contributed by atoms with Gasteiger partial charge in [-0.05, 0) is 19.1 Å². The maximum atomic E-state index is 11.9. The van der Waals surface area contributed by atoms with Gasteiger partial charge in [-0.2, -0.15) is 0 Å². The number of carbonyl (C=O) groups is 2. The van der Waals surface area contributed by atoms with E-state index in [0.717, 1.165) is 23.0 Å². The van der Waals surface area contributed by atoms with Gasteiger partial charge < -0.3 is 15.0 Å². The van der Waals surface area contributed by atoms with Crippen LogP contribution in [-0.2, 0) is 14.3 Å². The van der Waals surface area contributed by atoms with Crippen molar-refractivity contribution in [3.8, 4) is 0 Å².